The number of carbonyl (C=O) groups is 2. The van der Waals surface area contributed by atoms with Gasteiger partial charge in [-0.2, -0.15) is 5.26 Å². The van der Waals surface area contributed by atoms with Gasteiger partial charge in [0.05, 0.1) is 43.0 Å². The summed E-state index contributed by atoms with van der Waals surface area (Å²) in [6.07, 6.45) is 0. The van der Waals surface area contributed by atoms with Crippen molar-refractivity contribution in [1.82, 2.24) is 4.98 Å². The number of allylic oxidation sites excluding steroid dienone is 1. The van der Waals surface area contributed by atoms with Gasteiger partial charge < -0.3 is 19.6 Å². The third-order valence-electron chi connectivity index (χ3n) is 6.54. The Morgan fingerprint density at radius 3 is 2.33 bits per heavy atom. The van der Waals surface area contributed by atoms with E-state index in [0.717, 1.165) is 11.1 Å². The number of carbonyl (C=O) groups excluding carboxylic acids is 2. The molecule has 1 unspecified atom stereocenters. The SMILES string of the molecule is COC(=O)C1=C(C(=O)OC)N(c2ccc3nc(-c4ccc(C)cc4)oc3c2)C(N)=C(C#N)C1c1ccccc1. The molecule has 0 amide bonds. The number of fused-ring (bicyclic) bond motifs is 1. The summed E-state index contributed by atoms with van der Waals surface area (Å²) in [6.45, 7) is 1.99. The van der Waals surface area contributed by atoms with E-state index in [1.165, 1.54) is 19.1 Å². The first-order chi connectivity index (χ1) is 18.9. The van der Waals surface area contributed by atoms with E-state index < -0.39 is 17.9 Å². The molecule has 0 saturated heterocycles. The number of aromatic nitrogens is 1. The minimum absolute atomic E-state index is 0.0305. The van der Waals surface area contributed by atoms with Crippen LogP contribution in [-0.2, 0) is 19.1 Å². The number of hydrogen-bond donors (Lipinski definition) is 1. The molecule has 1 aromatic heterocycles. The highest BCUT2D eigenvalue weighted by molar-refractivity contribution is 6.06. The van der Waals surface area contributed by atoms with E-state index >= 15 is 0 Å². The number of rotatable bonds is 5. The fourth-order valence-corrected chi connectivity index (χ4v) is 4.65. The number of nitriles is 1. The van der Waals surface area contributed by atoms with Crippen molar-refractivity contribution in [2.24, 2.45) is 5.73 Å². The molecule has 9 heteroatoms. The highest BCUT2D eigenvalue weighted by Gasteiger charge is 2.43. The third kappa shape index (κ3) is 4.38. The fraction of sp³-hybridized carbons (Fsp3) is 0.133. The standard InChI is InChI=1S/C30H24N4O5/c1-17-9-11-19(12-10-17)28-33-22-14-13-20(15-23(22)39-28)34-26(30(36)38-3)25(29(35)37-2)24(21(16-31)27(34)32)18-7-5-4-6-8-18/h4-15,24H,32H2,1-3H3. The smallest absolute Gasteiger partial charge is 0.355 e. The van der Waals surface area contributed by atoms with E-state index in [1.807, 2.05) is 31.2 Å². The summed E-state index contributed by atoms with van der Waals surface area (Å²) in [5, 5.41) is 10.2. The largest absolute Gasteiger partial charge is 0.466 e. The number of anilines is 1. The van der Waals surface area contributed by atoms with Crippen molar-refractivity contribution >= 4 is 28.7 Å². The van der Waals surface area contributed by atoms with Crippen molar-refractivity contribution in [2.45, 2.75) is 12.8 Å². The van der Waals surface area contributed by atoms with Gasteiger partial charge in [0.15, 0.2) is 5.58 Å². The molecular weight excluding hydrogens is 496 g/mol. The molecule has 0 fully saturated rings. The molecule has 0 bridgehead atoms. The maximum atomic E-state index is 13.3. The second kappa shape index (κ2) is 10.2. The number of benzene rings is 3. The maximum absolute atomic E-state index is 13.3. The van der Waals surface area contributed by atoms with E-state index in [1.54, 1.807) is 48.5 Å². The van der Waals surface area contributed by atoms with Crippen molar-refractivity contribution in [2.75, 3.05) is 19.1 Å². The number of nitrogens with zero attached hydrogens (tertiary/aromatic N) is 3. The predicted octanol–water partition coefficient (Wildman–Crippen LogP) is 4.70. The van der Waals surface area contributed by atoms with Gasteiger partial charge >= 0.3 is 11.9 Å². The summed E-state index contributed by atoms with van der Waals surface area (Å²) in [7, 11) is 2.41. The molecule has 1 atom stereocenters. The zero-order valence-corrected chi connectivity index (χ0v) is 21.5. The Bertz CT molecular complexity index is 1690. The Hall–Kier alpha value is -5.36. The number of methoxy groups -OCH3 is 2. The minimum Gasteiger partial charge on any atom is -0.466 e. The predicted molar refractivity (Wildman–Crippen MR) is 144 cm³/mol. The van der Waals surface area contributed by atoms with Crippen LogP contribution in [0.5, 0.6) is 0 Å². The van der Waals surface area contributed by atoms with E-state index in [9.17, 15) is 14.9 Å². The van der Waals surface area contributed by atoms with E-state index in [0.29, 0.717) is 28.2 Å². The zero-order chi connectivity index (χ0) is 27.7. The second-order valence-corrected chi connectivity index (χ2v) is 8.87. The van der Waals surface area contributed by atoms with Crippen LogP contribution in [0.4, 0.5) is 5.69 Å². The van der Waals surface area contributed by atoms with Gasteiger partial charge in [0, 0.05) is 11.6 Å². The molecule has 5 rings (SSSR count). The number of hydrogen-bond acceptors (Lipinski definition) is 9. The lowest BCUT2D eigenvalue weighted by Gasteiger charge is -2.35. The summed E-state index contributed by atoms with van der Waals surface area (Å²) in [5.41, 5.74) is 10.3. The first-order valence-electron chi connectivity index (χ1n) is 12.0. The lowest BCUT2D eigenvalue weighted by Crippen LogP contribution is -2.40. The summed E-state index contributed by atoms with van der Waals surface area (Å²) in [4.78, 5) is 32.4. The van der Waals surface area contributed by atoms with E-state index in [2.05, 4.69) is 11.1 Å². The number of oxazole rings is 1. The summed E-state index contributed by atoms with van der Waals surface area (Å²) in [6, 6.07) is 23.7. The Balaban J connectivity index is 1.73. The molecule has 1 aliphatic heterocycles. The molecule has 2 N–H and O–H groups in total. The number of aryl methyl sites for hydroxylation is 1. The average molecular weight is 521 g/mol. The molecule has 0 radical (unpaired) electrons. The van der Waals surface area contributed by atoms with Gasteiger partial charge in [0.2, 0.25) is 5.89 Å². The van der Waals surface area contributed by atoms with Gasteiger partial charge in [0.1, 0.15) is 17.0 Å². The van der Waals surface area contributed by atoms with Crippen LogP contribution in [0.1, 0.15) is 17.0 Å². The highest BCUT2D eigenvalue weighted by Crippen LogP contribution is 2.43. The molecule has 2 heterocycles. The Morgan fingerprint density at radius 1 is 1.00 bits per heavy atom. The summed E-state index contributed by atoms with van der Waals surface area (Å²) in [5.74, 6) is -2.18. The molecular formula is C30H24N4O5. The summed E-state index contributed by atoms with van der Waals surface area (Å²) >= 11 is 0. The van der Waals surface area contributed by atoms with Crippen LogP contribution in [0.15, 0.2) is 99.9 Å². The molecule has 1 aliphatic rings. The van der Waals surface area contributed by atoms with Crippen LogP contribution in [0.25, 0.3) is 22.6 Å². The first kappa shape index (κ1) is 25.3. The third-order valence-corrected chi connectivity index (χ3v) is 6.54. The fourth-order valence-electron chi connectivity index (χ4n) is 4.65. The van der Waals surface area contributed by atoms with Crippen LogP contribution < -0.4 is 10.6 Å². The Morgan fingerprint density at radius 2 is 1.69 bits per heavy atom. The average Bonchev–Trinajstić information content (AvgIpc) is 3.40. The second-order valence-electron chi connectivity index (χ2n) is 8.87. The topological polar surface area (TPSA) is 132 Å². The van der Waals surface area contributed by atoms with Gasteiger partial charge in [-0.15, -0.1) is 0 Å². The number of nitrogens with two attached hydrogens (primary N) is 1. The van der Waals surface area contributed by atoms with Crippen molar-refractivity contribution in [3.05, 3.63) is 107 Å². The van der Waals surface area contributed by atoms with Crippen LogP contribution in [0, 0.1) is 18.3 Å². The van der Waals surface area contributed by atoms with Gasteiger partial charge in [0.25, 0.3) is 0 Å². The molecule has 0 saturated carbocycles. The zero-order valence-electron chi connectivity index (χ0n) is 21.5. The van der Waals surface area contributed by atoms with Gasteiger partial charge in [-0.1, -0.05) is 48.0 Å². The van der Waals surface area contributed by atoms with E-state index in [4.69, 9.17) is 19.6 Å². The van der Waals surface area contributed by atoms with Crippen molar-refractivity contribution in [3.8, 4) is 17.5 Å². The van der Waals surface area contributed by atoms with Crippen molar-refractivity contribution in [3.63, 3.8) is 0 Å². The quantitative estimate of drug-likeness (QED) is 0.372. The lowest BCUT2D eigenvalue weighted by molar-refractivity contribution is -0.139. The minimum atomic E-state index is -0.948. The van der Waals surface area contributed by atoms with Crippen molar-refractivity contribution in [1.29, 1.82) is 5.26 Å². The molecule has 0 spiro atoms. The molecule has 194 valence electrons. The molecule has 9 nitrogen and oxygen atoms in total. The highest BCUT2D eigenvalue weighted by atomic mass is 16.5. The van der Waals surface area contributed by atoms with Crippen LogP contribution >= 0.6 is 0 Å². The van der Waals surface area contributed by atoms with Gasteiger partial charge in [-0.25, -0.2) is 14.6 Å². The van der Waals surface area contributed by atoms with Crippen LogP contribution in [0.2, 0.25) is 0 Å². The van der Waals surface area contributed by atoms with Crippen molar-refractivity contribution < 1.29 is 23.5 Å². The molecule has 0 aliphatic carbocycles. The Kier molecular flexibility index (Phi) is 6.61. The Labute approximate surface area is 224 Å². The van der Waals surface area contributed by atoms with Gasteiger partial charge in [-0.3, -0.25) is 4.90 Å². The molecule has 4 aromatic rings. The van der Waals surface area contributed by atoms with Crippen LogP contribution in [0.3, 0.4) is 0 Å². The molecule has 39 heavy (non-hydrogen) atoms. The van der Waals surface area contributed by atoms with Crippen LogP contribution in [-0.4, -0.2) is 31.1 Å². The van der Waals surface area contributed by atoms with Gasteiger partial charge in [-0.05, 0) is 36.8 Å². The monoisotopic (exact) mass is 520 g/mol. The van der Waals surface area contributed by atoms with E-state index in [-0.39, 0.29) is 22.7 Å². The lowest BCUT2D eigenvalue weighted by atomic mass is 9.81. The molecule has 3 aromatic carbocycles. The maximum Gasteiger partial charge on any atom is 0.355 e. The number of esters is 2. The number of ether oxygens (including phenoxy) is 2. The normalized spacial score (nSPS) is 15.3. The first-order valence-corrected chi connectivity index (χ1v) is 12.0. The summed E-state index contributed by atoms with van der Waals surface area (Å²) < 4.78 is 16.2.